The number of fused-ring (bicyclic) bond motifs is 1. The van der Waals surface area contributed by atoms with Crippen molar-refractivity contribution in [1.82, 2.24) is 15.1 Å². The van der Waals surface area contributed by atoms with Crippen LogP contribution in [0, 0.1) is 0 Å². The summed E-state index contributed by atoms with van der Waals surface area (Å²) in [7, 11) is 3.28. The SMILES string of the molecule is CCOc1ccc(C2c3c(-c4ccc(OC)cc4)n[nH]c3C(=O)N2Cc2ccc(OC)cc2)cc1. The van der Waals surface area contributed by atoms with Crippen LogP contribution in [-0.4, -0.2) is 41.8 Å². The second kappa shape index (κ2) is 9.54. The van der Waals surface area contributed by atoms with E-state index in [4.69, 9.17) is 14.2 Å². The molecule has 1 N–H and O–H groups in total. The van der Waals surface area contributed by atoms with Gasteiger partial charge in [0.2, 0.25) is 0 Å². The topological polar surface area (TPSA) is 76.7 Å². The summed E-state index contributed by atoms with van der Waals surface area (Å²) in [6.07, 6.45) is 0. The van der Waals surface area contributed by atoms with Crippen LogP contribution in [0.5, 0.6) is 17.2 Å². The molecule has 0 fully saturated rings. The lowest BCUT2D eigenvalue weighted by Gasteiger charge is -2.27. The molecular weight excluding hydrogens is 442 g/mol. The summed E-state index contributed by atoms with van der Waals surface area (Å²) in [5.41, 5.74) is 5.07. The molecule has 1 unspecified atom stereocenters. The highest BCUT2D eigenvalue weighted by atomic mass is 16.5. The number of hydrogen-bond donors (Lipinski definition) is 1. The van der Waals surface area contributed by atoms with Gasteiger partial charge < -0.3 is 19.1 Å². The largest absolute Gasteiger partial charge is 0.497 e. The van der Waals surface area contributed by atoms with Crippen molar-refractivity contribution in [1.29, 1.82) is 0 Å². The van der Waals surface area contributed by atoms with E-state index in [0.717, 1.165) is 45.2 Å². The van der Waals surface area contributed by atoms with Gasteiger partial charge in [0.1, 0.15) is 22.9 Å². The Morgan fingerprint density at radius 2 is 1.46 bits per heavy atom. The normalized spacial score (nSPS) is 14.7. The minimum atomic E-state index is -0.300. The van der Waals surface area contributed by atoms with Gasteiger partial charge in [-0.1, -0.05) is 24.3 Å². The van der Waals surface area contributed by atoms with Crippen LogP contribution >= 0.6 is 0 Å². The quantitative estimate of drug-likeness (QED) is 0.382. The average Bonchev–Trinajstić information content (AvgIpc) is 3.44. The Hall–Kier alpha value is -4.26. The molecule has 0 spiro atoms. The van der Waals surface area contributed by atoms with Gasteiger partial charge in [-0.3, -0.25) is 9.89 Å². The maximum absolute atomic E-state index is 13.6. The van der Waals surface area contributed by atoms with Crippen molar-refractivity contribution in [2.45, 2.75) is 19.5 Å². The number of ether oxygens (including phenoxy) is 3. The average molecular weight is 470 g/mol. The molecule has 1 aromatic heterocycles. The Balaban J connectivity index is 1.58. The first-order chi connectivity index (χ1) is 17.1. The fourth-order valence-corrected chi connectivity index (χ4v) is 4.52. The molecular formula is C28H27N3O4. The van der Waals surface area contributed by atoms with Crippen LogP contribution in [0.4, 0.5) is 0 Å². The van der Waals surface area contributed by atoms with Crippen molar-refractivity contribution in [2.24, 2.45) is 0 Å². The third-order valence-corrected chi connectivity index (χ3v) is 6.25. The Bertz CT molecular complexity index is 1310. The smallest absolute Gasteiger partial charge is 0.273 e. The Labute approximate surface area is 204 Å². The standard InChI is InChI=1S/C28H27N3O4/c1-4-35-23-15-9-20(10-16-23)27-24-25(19-7-13-22(34-3)14-8-19)29-30-26(24)28(32)31(27)17-18-5-11-21(33-2)12-6-18/h5-16,27H,4,17H2,1-3H3,(H,29,30). The molecule has 1 aliphatic rings. The van der Waals surface area contributed by atoms with E-state index in [0.29, 0.717) is 18.8 Å². The van der Waals surface area contributed by atoms with Crippen molar-refractivity contribution in [3.8, 4) is 28.5 Å². The maximum atomic E-state index is 13.6. The summed E-state index contributed by atoms with van der Waals surface area (Å²) in [6, 6.07) is 23.1. The summed E-state index contributed by atoms with van der Waals surface area (Å²) in [4.78, 5) is 15.5. The number of aromatic nitrogens is 2. The zero-order chi connectivity index (χ0) is 24.4. The monoisotopic (exact) mass is 469 g/mol. The highest BCUT2D eigenvalue weighted by Gasteiger charge is 2.42. The summed E-state index contributed by atoms with van der Waals surface area (Å²) in [5, 5.41) is 7.56. The summed E-state index contributed by atoms with van der Waals surface area (Å²) in [5.74, 6) is 2.26. The minimum Gasteiger partial charge on any atom is -0.497 e. The molecule has 0 saturated carbocycles. The number of H-pyrrole nitrogens is 1. The number of nitrogens with one attached hydrogen (secondary N) is 1. The van der Waals surface area contributed by atoms with Crippen molar-refractivity contribution in [3.05, 3.63) is 95.2 Å². The van der Waals surface area contributed by atoms with E-state index in [2.05, 4.69) is 10.2 Å². The highest BCUT2D eigenvalue weighted by molar-refractivity contribution is 6.00. The molecule has 3 aromatic carbocycles. The van der Waals surface area contributed by atoms with Gasteiger partial charge in [-0.15, -0.1) is 0 Å². The van der Waals surface area contributed by atoms with Crippen molar-refractivity contribution >= 4 is 5.91 Å². The second-order valence-electron chi connectivity index (χ2n) is 8.28. The summed E-state index contributed by atoms with van der Waals surface area (Å²) < 4.78 is 16.2. The summed E-state index contributed by atoms with van der Waals surface area (Å²) >= 11 is 0. The number of carbonyl (C=O) groups excluding carboxylic acids is 1. The van der Waals surface area contributed by atoms with E-state index in [1.54, 1.807) is 14.2 Å². The number of carbonyl (C=O) groups is 1. The van der Waals surface area contributed by atoms with E-state index < -0.39 is 0 Å². The Kier molecular flexibility index (Phi) is 6.14. The lowest BCUT2D eigenvalue weighted by atomic mass is 9.95. The molecule has 178 valence electrons. The predicted octanol–water partition coefficient (Wildman–Crippen LogP) is 5.24. The van der Waals surface area contributed by atoms with Crippen molar-refractivity contribution < 1.29 is 19.0 Å². The predicted molar refractivity (Wildman–Crippen MR) is 133 cm³/mol. The van der Waals surface area contributed by atoms with E-state index in [1.165, 1.54) is 0 Å². The van der Waals surface area contributed by atoms with E-state index in [9.17, 15) is 4.79 Å². The van der Waals surface area contributed by atoms with Crippen LogP contribution in [-0.2, 0) is 6.54 Å². The van der Waals surface area contributed by atoms with Gasteiger partial charge in [0.15, 0.2) is 0 Å². The van der Waals surface area contributed by atoms with Crippen LogP contribution in [0.3, 0.4) is 0 Å². The molecule has 0 aliphatic carbocycles. The maximum Gasteiger partial charge on any atom is 0.273 e. The third-order valence-electron chi connectivity index (χ3n) is 6.25. The number of amides is 1. The summed E-state index contributed by atoms with van der Waals surface area (Å²) in [6.45, 7) is 3.00. The minimum absolute atomic E-state index is 0.0815. The molecule has 1 aliphatic heterocycles. The van der Waals surface area contributed by atoms with Crippen LogP contribution in [0.1, 0.15) is 40.1 Å². The first-order valence-corrected chi connectivity index (χ1v) is 11.5. The van der Waals surface area contributed by atoms with E-state index in [-0.39, 0.29) is 11.9 Å². The first kappa shape index (κ1) is 22.5. The Morgan fingerprint density at radius 1 is 0.857 bits per heavy atom. The van der Waals surface area contributed by atoms with Crippen molar-refractivity contribution in [2.75, 3.05) is 20.8 Å². The molecule has 4 aromatic rings. The van der Waals surface area contributed by atoms with Gasteiger partial charge in [-0.05, 0) is 66.6 Å². The lowest BCUT2D eigenvalue weighted by molar-refractivity contribution is 0.0730. The number of rotatable bonds is 8. The zero-order valence-corrected chi connectivity index (χ0v) is 19.9. The van der Waals surface area contributed by atoms with Gasteiger partial charge in [-0.25, -0.2) is 0 Å². The van der Waals surface area contributed by atoms with Gasteiger partial charge >= 0.3 is 0 Å². The zero-order valence-electron chi connectivity index (χ0n) is 19.9. The van der Waals surface area contributed by atoms with Gasteiger partial charge in [0.25, 0.3) is 5.91 Å². The highest BCUT2D eigenvalue weighted by Crippen LogP contribution is 2.44. The van der Waals surface area contributed by atoms with Gasteiger partial charge in [-0.2, -0.15) is 5.10 Å². The molecule has 1 atom stereocenters. The Morgan fingerprint density at radius 3 is 2.06 bits per heavy atom. The molecule has 5 rings (SSSR count). The van der Waals surface area contributed by atoms with Crippen molar-refractivity contribution in [3.63, 3.8) is 0 Å². The number of hydrogen-bond acceptors (Lipinski definition) is 5. The molecule has 0 bridgehead atoms. The fraction of sp³-hybridized carbons (Fsp3) is 0.214. The van der Waals surface area contributed by atoms with Gasteiger partial charge in [0, 0.05) is 17.7 Å². The molecule has 0 radical (unpaired) electrons. The number of methoxy groups -OCH3 is 2. The number of nitrogens with zero attached hydrogens (tertiary/aromatic N) is 2. The van der Waals surface area contributed by atoms with Gasteiger partial charge in [0.05, 0.1) is 32.6 Å². The molecule has 35 heavy (non-hydrogen) atoms. The molecule has 7 heteroatoms. The number of benzene rings is 3. The van der Waals surface area contributed by atoms with E-state index in [1.807, 2.05) is 84.6 Å². The van der Waals surface area contributed by atoms with Crippen LogP contribution in [0.25, 0.3) is 11.3 Å². The van der Waals surface area contributed by atoms with E-state index >= 15 is 0 Å². The second-order valence-corrected chi connectivity index (χ2v) is 8.28. The molecule has 1 amide bonds. The first-order valence-electron chi connectivity index (χ1n) is 11.5. The third kappa shape index (κ3) is 4.21. The van der Waals surface area contributed by atoms with Crippen LogP contribution < -0.4 is 14.2 Å². The van der Waals surface area contributed by atoms with Crippen LogP contribution in [0.15, 0.2) is 72.8 Å². The molecule has 0 saturated heterocycles. The molecule has 7 nitrogen and oxygen atoms in total. The lowest BCUT2D eigenvalue weighted by Crippen LogP contribution is -2.29. The fourth-order valence-electron chi connectivity index (χ4n) is 4.52. The van der Waals surface area contributed by atoms with Crippen LogP contribution in [0.2, 0.25) is 0 Å². The molecule has 2 heterocycles. The number of aromatic amines is 1.